The lowest BCUT2D eigenvalue weighted by atomic mass is 9.78. The summed E-state index contributed by atoms with van der Waals surface area (Å²) < 4.78 is 12.3. The smallest absolute Gasteiger partial charge is 0.399 e. The van der Waals surface area contributed by atoms with Crippen molar-refractivity contribution in [1.29, 1.82) is 0 Å². The number of benzene rings is 1. The van der Waals surface area contributed by atoms with Crippen LogP contribution in [0.25, 0.3) is 0 Å². The fraction of sp³-hybridized carbons (Fsp3) is 0.647. The standard InChI is InChI=1S/C17H25BClNO2/c1-16(2)17(3,4)22-18(21-16)14-11-13(7-8-15(14)19)12-20-9-5-6-10-20/h7-8,11H,5-6,9-10,12H2,1-4H3. The number of likely N-dealkylation sites (tertiary alicyclic amines) is 1. The number of hydrogen-bond acceptors (Lipinski definition) is 3. The molecule has 1 aromatic carbocycles. The van der Waals surface area contributed by atoms with Crippen molar-refractivity contribution in [3.05, 3.63) is 28.8 Å². The molecule has 2 saturated heterocycles. The molecule has 0 aliphatic carbocycles. The lowest BCUT2D eigenvalue weighted by Gasteiger charge is -2.32. The van der Waals surface area contributed by atoms with E-state index in [0.29, 0.717) is 5.02 Å². The van der Waals surface area contributed by atoms with Crippen LogP contribution in [0.15, 0.2) is 18.2 Å². The molecule has 0 N–H and O–H groups in total. The number of halogens is 1. The fourth-order valence-electron chi connectivity index (χ4n) is 3.04. The third-order valence-electron chi connectivity index (χ3n) is 5.17. The summed E-state index contributed by atoms with van der Waals surface area (Å²) in [6, 6.07) is 6.21. The number of rotatable bonds is 3. The average Bonchev–Trinajstić information content (AvgIpc) is 2.99. The maximum Gasteiger partial charge on any atom is 0.496 e. The molecule has 1 aromatic rings. The van der Waals surface area contributed by atoms with Crippen LogP contribution in [0.1, 0.15) is 46.1 Å². The monoisotopic (exact) mass is 321 g/mol. The van der Waals surface area contributed by atoms with E-state index in [2.05, 4.69) is 44.7 Å². The Kier molecular flexibility index (Phi) is 4.32. The Morgan fingerprint density at radius 3 is 2.27 bits per heavy atom. The molecule has 3 rings (SSSR count). The van der Waals surface area contributed by atoms with Gasteiger partial charge in [0.15, 0.2) is 0 Å². The Morgan fingerprint density at radius 1 is 1.09 bits per heavy atom. The van der Waals surface area contributed by atoms with Gasteiger partial charge >= 0.3 is 7.12 Å². The molecule has 0 atom stereocenters. The molecule has 0 aromatic heterocycles. The van der Waals surface area contributed by atoms with Gasteiger partial charge in [-0.1, -0.05) is 23.7 Å². The second kappa shape index (κ2) is 5.83. The normalized spacial score (nSPS) is 24.1. The molecule has 22 heavy (non-hydrogen) atoms. The lowest BCUT2D eigenvalue weighted by Crippen LogP contribution is -2.41. The Bertz CT molecular complexity index is 540. The molecular weight excluding hydrogens is 296 g/mol. The summed E-state index contributed by atoms with van der Waals surface area (Å²) in [5.41, 5.74) is 1.53. The maximum absolute atomic E-state index is 6.41. The number of nitrogens with zero attached hydrogens (tertiary/aromatic N) is 1. The molecule has 0 spiro atoms. The van der Waals surface area contributed by atoms with Crippen LogP contribution in [0, 0.1) is 0 Å². The molecule has 120 valence electrons. The first-order valence-corrected chi connectivity index (χ1v) is 8.53. The first-order valence-electron chi connectivity index (χ1n) is 8.15. The highest BCUT2D eigenvalue weighted by Crippen LogP contribution is 2.37. The van der Waals surface area contributed by atoms with Crippen molar-refractivity contribution >= 4 is 24.2 Å². The highest BCUT2D eigenvalue weighted by Gasteiger charge is 2.52. The van der Waals surface area contributed by atoms with Gasteiger partial charge in [-0.15, -0.1) is 0 Å². The van der Waals surface area contributed by atoms with E-state index in [1.165, 1.54) is 31.5 Å². The van der Waals surface area contributed by atoms with Gasteiger partial charge in [-0.2, -0.15) is 0 Å². The molecule has 0 unspecified atom stereocenters. The molecule has 2 aliphatic heterocycles. The van der Waals surface area contributed by atoms with Crippen molar-refractivity contribution in [3.63, 3.8) is 0 Å². The molecule has 2 fully saturated rings. The quantitative estimate of drug-likeness (QED) is 0.798. The highest BCUT2D eigenvalue weighted by atomic mass is 35.5. The second-order valence-corrected chi connectivity index (χ2v) is 7.83. The van der Waals surface area contributed by atoms with Crippen LogP contribution in [0.2, 0.25) is 5.02 Å². The van der Waals surface area contributed by atoms with Crippen LogP contribution in [0.3, 0.4) is 0 Å². The molecule has 0 bridgehead atoms. The van der Waals surface area contributed by atoms with Crippen molar-refractivity contribution in [1.82, 2.24) is 4.90 Å². The van der Waals surface area contributed by atoms with Gasteiger partial charge in [0.1, 0.15) is 0 Å². The van der Waals surface area contributed by atoms with Gasteiger partial charge < -0.3 is 9.31 Å². The van der Waals surface area contributed by atoms with Crippen molar-refractivity contribution in [3.8, 4) is 0 Å². The Hall–Kier alpha value is -0.545. The zero-order chi connectivity index (χ0) is 16.0. The molecule has 3 nitrogen and oxygen atoms in total. The van der Waals surface area contributed by atoms with Crippen LogP contribution in [-0.2, 0) is 15.9 Å². The van der Waals surface area contributed by atoms with E-state index in [0.717, 1.165) is 12.0 Å². The molecule has 0 amide bonds. The van der Waals surface area contributed by atoms with Gasteiger partial charge in [-0.25, -0.2) is 0 Å². The van der Waals surface area contributed by atoms with E-state index >= 15 is 0 Å². The molecule has 0 saturated carbocycles. The minimum absolute atomic E-state index is 0.341. The number of hydrogen-bond donors (Lipinski definition) is 0. The Morgan fingerprint density at radius 2 is 1.68 bits per heavy atom. The first kappa shape index (κ1) is 16.3. The van der Waals surface area contributed by atoms with Crippen LogP contribution in [-0.4, -0.2) is 36.3 Å². The van der Waals surface area contributed by atoms with E-state index in [-0.39, 0.29) is 11.2 Å². The predicted octanol–water partition coefficient (Wildman–Crippen LogP) is 3.24. The summed E-state index contributed by atoms with van der Waals surface area (Å²) >= 11 is 6.41. The molecule has 5 heteroatoms. The van der Waals surface area contributed by atoms with Gasteiger partial charge in [0.25, 0.3) is 0 Å². The van der Waals surface area contributed by atoms with Gasteiger partial charge in [0.05, 0.1) is 11.2 Å². The molecular formula is C17H25BClNO2. The van der Waals surface area contributed by atoms with E-state index < -0.39 is 7.12 Å². The zero-order valence-electron chi connectivity index (χ0n) is 14.0. The van der Waals surface area contributed by atoms with Gasteiger partial charge in [-0.3, -0.25) is 4.90 Å². The van der Waals surface area contributed by atoms with E-state index in [4.69, 9.17) is 20.9 Å². The van der Waals surface area contributed by atoms with Crippen LogP contribution in [0.5, 0.6) is 0 Å². The van der Waals surface area contributed by atoms with Gasteiger partial charge in [0, 0.05) is 17.0 Å². The Labute approximate surface area is 139 Å². The summed E-state index contributed by atoms with van der Waals surface area (Å²) in [6.07, 6.45) is 2.61. The summed E-state index contributed by atoms with van der Waals surface area (Å²) in [4.78, 5) is 2.48. The van der Waals surface area contributed by atoms with Gasteiger partial charge in [-0.05, 0) is 65.3 Å². The van der Waals surface area contributed by atoms with E-state index in [1.807, 2.05) is 6.07 Å². The molecule has 2 heterocycles. The van der Waals surface area contributed by atoms with Gasteiger partial charge in [0.2, 0.25) is 0 Å². The topological polar surface area (TPSA) is 21.7 Å². The minimum atomic E-state index is -0.393. The third kappa shape index (κ3) is 3.07. The van der Waals surface area contributed by atoms with Crippen molar-refractivity contribution in [2.45, 2.75) is 58.3 Å². The zero-order valence-corrected chi connectivity index (χ0v) is 14.7. The summed E-state index contributed by atoms with van der Waals surface area (Å²) in [5, 5.41) is 0.712. The predicted molar refractivity (Wildman–Crippen MR) is 91.7 cm³/mol. The maximum atomic E-state index is 6.41. The largest absolute Gasteiger partial charge is 0.496 e. The highest BCUT2D eigenvalue weighted by molar-refractivity contribution is 6.65. The summed E-state index contributed by atoms with van der Waals surface area (Å²) in [5.74, 6) is 0. The second-order valence-electron chi connectivity index (χ2n) is 7.43. The minimum Gasteiger partial charge on any atom is -0.399 e. The van der Waals surface area contributed by atoms with Crippen molar-refractivity contribution < 1.29 is 9.31 Å². The molecule has 0 radical (unpaired) electrons. The van der Waals surface area contributed by atoms with E-state index in [9.17, 15) is 0 Å². The van der Waals surface area contributed by atoms with Crippen molar-refractivity contribution in [2.75, 3.05) is 13.1 Å². The first-order chi connectivity index (χ1) is 10.3. The fourth-order valence-corrected chi connectivity index (χ4v) is 3.25. The van der Waals surface area contributed by atoms with Crippen LogP contribution in [0.4, 0.5) is 0 Å². The summed E-state index contributed by atoms with van der Waals surface area (Å²) in [7, 11) is -0.393. The van der Waals surface area contributed by atoms with E-state index in [1.54, 1.807) is 0 Å². The molecule has 2 aliphatic rings. The van der Waals surface area contributed by atoms with Crippen molar-refractivity contribution in [2.24, 2.45) is 0 Å². The Balaban J connectivity index is 1.81. The SMILES string of the molecule is CC1(C)OB(c2cc(CN3CCCC3)ccc2Cl)OC1(C)C. The lowest BCUT2D eigenvalue weighted by molar-refractivity contribution is 0.00578. The van der Waals surface area contributed by atoms with Crippen LogP contribution < -0.4 is 5.46 Å². The average molecular weight is 322 g/mol. The third-order valence-corrected chi connectivity index (χ3v) is 5.52. The summed E-state index contributed by atoms with van der Waals surface area (Å²) in [6.45, 7) is 11.6. The van der Waals surface area contributed by atoms with Crippen LogP contribution >= 0.6 is 11.6 Å².